The third-order valence-electron chi connectivity index (χ3n) is 6.25. The third-order valence-corrected chi connectivity index (χ3v) is 8.50. The molecule has 0 bridgehead atoms. The SMILES string of the molecule is C=C1[C@@H]([C@@H](O)P(=O)(NC(C)C(=O)OC(C)C)Oc2ccccc2)[C@@H](O)C[C@@H]1n1cnc2c(=O)[nH]c(N)nc21. The standard InChI is InChI=1S/C24H31N6O7P/c1-12(2)36-22(33)14(4)29-38(35,37-15-8-6-5-7-9-15)23(34)18-13(3)16(10-17(18)31)30-11-26-19-20(30)27-24(25)28-21(19)32/h5-9,11-12,14,16-18,23,31,34H,3,10H2,1-2,4H3,(H,29,35)(H3,25,27,28,32)/t14?,16-,17-,18+,23-,38?/m0/s1. The van der Waals surface area contributed by atoms with Gasteiger partial charge >= 0.3 is 13.5 Å². The Kier molecular flexibility index (Phi) is 7.75. The summed E-state index contributed by atoms with van der Waals surface area (Å²) in [6, 6.07) is 6.38. The Morgan fingerprint density at radius 2 is 2.00 bits per heavy atom. The molecule has 3 aromatic rings. The summed E-state index contributed by atoms with van der Waals surface area (Å²) in [6.45, 7) is 8.85. The number of benzene rings is 1. The van der Waals surface area contributed by atoms with Crippen molar-refractivity contribution in [2.75, 3.05) is 5.73 Å². The number of imidazole rings is 1. The van der Waals surface area contributed by atoms with Crippen LogP contribution in [0, 0.1) is 5.92 Å². The monoisotopic (exact) mass is 546 g/mol. The number of nitrogen functional groups attached to an aromatic ring is 1. The van der Waals surface area contributed by atoms with Gasteiger partial charge in [0.05, 0.1) is 24.6 Å². The molecule has 0 saturated heterocycles. The summed E-state index contributed by atoms with van der Waals surface area (Å²) < 4.78 is 26.7. The summed E-state index contributed by atoms with van der Waals surface area (Å²) in [6.07, 6.45) is -0.197. The topological polar surface area (TPSA) is 195 Å². The molecule has 2 aromatic heterocycles. The molecule has 1 aliphatic carbocycles. The highest BCUT2D eigenvalue weighted by Crippen LogP contribution is 2.55. The number of aromatic nitrogens is 4. The van der Waals surface area contributed by atoms with Gasteiger partial charge in [0.25, 0.3) is 5.56 Å². The zero-order valence-electron chi connectivity index (χ0n) is 21.1. The fourth-order valence-electron chi connectivity index (χ4n) is 4.51. The van der Waals surface area contributed by atoms with Gasteiger partial charge < -0.3 is 29.8 Å². The number of hydrogen-bond acceptors (Lipinski definition) is 10. The van der Waals surface area contributed by atoms with Crippen LogP contribution >= 0.6 is 7.52 Å². The predicted molar refractivity (Wildman–Crippen MR) is 139 cm³/mol. The largest absolute Gasteiger partial charge is 0.462 e. The van der Waals surface area contributed by atoms with E-state index in [0.717, 1.165) is 0 Å². The minimum Gasteiger partial charge on any atom is -0.462 e. The lowest BCUT2D eigenvalue weighted by atomic mass is 10.0. The molecule has 2 heterocycles. The summed E-state index contributed by atoms with van der Waals surface area (Å²) in [5.74, 6) is -3.56. The van der Waals surface area contributed by atoms with Crippen LogP contribution < -0.4 is 20.9 Å². The first-order valence-electron chi connectivity index (χ1n) is 12.0. The Hall–Kier alpha value is -3.51. The van der Waals surface area contributed by atoms with Crippen LogP contribution in [0.25, 0.3) is 11.2 Å². The average Bonchev–Trinajstić information content (AvgIpc) is 3.38. The smallest absolute Gasteiger partial charge is 0.346 e. The van der Waals surface area contributed by atoms with E-state index in [4.69, 9.17) is 15.0 Å². The average molecular weight is 547 g/mol. The molecule has 2 unspecified atom stereocenters. The summed E-state index contributed by atoms with van der Waals surface area (Å²) in [5, 5.41) is 25.1. The molecule has 38 heavy (non-hydrogen) atoms. The number of H-pyrrole nitrogens is 1. The molecule has 14 heteroatoms. The van der Waals surface area contributed by atoms with Crippen LogP contribution in [-0.4, -0.2) is 59.8 Å². The van der Waals surface area contributed by atoms with E-state index in [1.165, 1.54) is 17.8 Å². The van der Waals surface area contributed by atoms with E-state index in [0.29, 0.717) is 5.57 Å². The van der Waals surface area contributed by atoms with Crippen LogP contribution in [0.2, 0.25) is 0 Å². The minimum atomic E-state index is -4.31. The number of nitrogens with zero attached hydrogens (tertiary/aromatic N) is 3. The second-order valence-electron chi connectivity index (χ2n) is 9.45. The summed E-state index contributed by atoms with van der Waals surface area (Å²) in [7, 11) is -4.31. The van der Waals surface area contributed by atoms with Gasteiger partial charge in [-0.25, -0.2) is 10.1 Å². The lowest BCUT2D eigenvalue weighted by Gasteiger charge is -2.32. The van der Waals surface area contributed by atoms with E-state index in [2.05, 4.69) is 26.6 Å². The number of hydrogen-bond donors (Lipinski definition) is 5. The first kappa shape index (κ1) is 27.5. The Bertz CT molecular complexity index is 1440. The molecule has 1 aliphatic rings. The maximum Gasteiger partial charge on any atom is 0.346 e. The molecule has 0 spiro atoms. The summed E-state index contributed by atoms with van der Waals surface area (Å²) in [4.78, 5) is 35.3. The minimum absolute atomic E-state index is 0.0442. The third kappa shape index (κ3) is 5.37. The van der Waals surface area contributed by atoms with E-state index in [1.807, 2.05) is 0 Å². The number of aliphatic hydroxyl groups excluding tert-OH is 2. The normalized spacial score (nSPS) is 22.8. The van der Waals surface area contributed by atoms with Crippen LogP contribution in [0.1, 0.15) is 33.2 Å². The van der Waals surface area contributed by atoms with E-state index < -0.39 is 55.1 Å². The van der Waals surface area contributed by atoms with Crippen LogP contribution in [0.15, 0.2) is 53.6 Å². The van der Waals surface area contributed by atoms with Gasteiger partial charge in [-0.2, -0.15) is 4.98 Å². The number of fused-ring (bicyclic) bond motifs is 1. The molecule has 1 saturated carbocycles. The second kappa shape index (κ2) is 10.7. The number of nitrogens with two attached hydrogens (primary N) is 1. The molecule has 1 fully saturated rings. The fraction of sp³-hybridized carbons (Fsp3) is 0.417. The molecule has 0 radical (unpaired) electrons. The lowest BCUT2D eigenvalue weighted by Crippen LogP contribution is -2.41. The van der Waals surface area contributed by atoms with Gasteiger partial charge in [-0.1, -0.05) is 24.8 Å². The summed E-state index contributed by atoms with van der Waals surface area (Å²) >= 11 is 0. The predicted octanol–water partition coefficient (Wildman–Crippen LogP) is 1.70. The van der Waals surface area contributed by atoms with Gasteiger partial charge in [0, 0.05) is 5.92 Å². The number of para-hydroxylation sites is 1. The lowest BCUT2D eigenvalue weighted by molar-refractivity contribution is -0.149. The Morgan fingerprint density at radius 1 is 1.32 bits per heavy atom. The number of carbonyl (C=O) groups is 1. The van der Waals surface area contributed by atoms with Crippen molar-refractivity contribution in [3.8, 4) is 5.75 Å². The number of ether oxygens (including phenoxy) is 1. The molecule has 4 rings (SSSR count). The fourth-order valence-corrected chi connectivity index (χ4v) is 6.72. The second-order valence-corrected chi connectivity index (χ2v) is 11.6. The maximum atomic E-state index is 14.2. The van der Waals surface area contributed by atoms with E-state index in [1.54, 1.807) is 44.2 Å². The highest BCUT2D eigenvalue weighted by atomic mass is 31.2. The van der Waals surface area contributed by atoms with Crippen molar-refractivity contribution in [1.82, 2.24) is 24.6 Å². The van der Waals surface area contributed by atoms with Crippen LogP contribution in [0.5, 0.6) is 5.75 Å². The van der Waals surface area contributed by atoms with E-state index in [9.17, 15) is 24.4 Å². The number of aromatic amines is 1. The number of aliphatic hydroxyl groups is 2. The van der Waals surface area contributed by atoms with Crippen molar-refractivity contribution in [3.63, 3.8) is 0 Å². The molecular weight excluding hydrogens is 515 g/mol. The van der Waals surface area contributed by atoms with Gasteiger partial charge in [-0.05, 0) is 44.9 Å². The van der Waals surface area contributed by atoms with Gasteiger partial charge in [0.1, 0.15) is 11.8 Å². The van der Waals surface area contributed by atoms with Crippen molar-refractivity contribution in [1.29, 1.82) is 0 Å². The van der Waals surface area contributed by atoms with Crippen LogP contribution in [0.4, 0.5) is 5.95 Å². The number of carbonyl (C=O) groups excluding carboxylic acids is 1. The highest BCUT2D eigenvalue weighted by Gasteiger charge is 2.51. The molecule has 1 aromatic carbocycles. The zero-order chi connectivity index (χ0) is 27.8. The Labute approximate surface area is 218 Å². The van der Waals surface area contributed by atoms with Gasteiger partial charge in [0.2, 0.25) is 5.95 Å². The molecule has 0 aliphatic heterocycles. The van der Waals surface area contributed by atoms with E-state index in [-0.39, 0.29) is 29.3 Å². The first-order chi connectivity index (χ1) is 17.9. The highest BCUT2D eigenvalue weighted by molar-refractivity contribution is 7.57. The molecule has 0 amide bonds. The first-order valence-corrected chi connectivity index (χ1v) is 13.7. The summed E-state index contributed by atoms with van der Waals surface area (Å²) in [5.41, 5.74) is 5.70. The van der Waals surface area contributed by atoms with Crippen molar-refractivity contribution in [2.24, 2.45) is 5.92 Å². The van der Waals surface area contributed by atoms with Gasteiger partial charge in [-0.3, -0.25) is 19.1 Å². The van der Waals surface area contributed by atoms with Crippen LogP contribution in [-0.2, 0) is 14.1 Å². The van der Waals surface area contributed by atoms with E-state index >= 15 is 0 Å². The number of rotatable bonds is 9. The van der Waals surface area contributed by atoms with Crippen molar-refractivity contribution in [3.05, 3.63) is 59.2 Å². The Balaban J connectivity index is 1.67. The van der Waals surface area contributed by atoms with Crippen molar-refractivity contribution < 1.29 is 28.8 Å². The number of nitrogens with one attached hydrogen (secondary N) is 2. The molecular formula is C24H31N6O7P. The quantitative estimate of drug-likeness (QED) is 0.149. The number of esters is 1. The molecule has 6 N–H and O–H groups in total. The molecule has 204 valence electrons. The van der Waals surface area contributed by atoms with Crippen LogP contribution in [0.3, 0.4) is 0 Å². The molecule has 6 atom stereocenters. The van der Waals surface area contributed by atoms with Gasteiger partial charge in [-0.15, -0.1) is 0 Å². The van der Waals surface area contributed by atoms with Crippen molar-refractivity contribution in [2.45, 2.75) is 57.3 Å². The zero-order valence-corrected chi connectivity index (χ0v) is 22.0. The van der Waals surface area contributed by atoms with Gasteiger partial charge in [0.15, 0.2) is 17.0 Å². The maximum absolute atomic E-state index is 14.2. The number of anilines is 1. The molecule has 13 nitrogen and oxygen atoms in total. The van der Waals surface area contributed by atoms with Crippen molar-refractivity contribution >= 4 is 30.6 Å². The Morgan fingerprint density at radius 3 is 2.66 bits per heavy atom.